The maximum Gasteiger partial charge on any atom is 0.0352 e. The van der Waals surface area contributed by atoms with Crippen LogP contribution in [0.15, 0.2) is 60.7 Å². The van der Waals surface area contributed by atoms with Gasteiger partial charge in [-0.3, -0.25) is 0 Å². The predicted octanol–water partition coefficient (Wildman–Crippen LogP) is 13.4. The molecule has 0 aliphatic heterocycles. The lowest BCUT2D eigenvalue weighted by molar-refractivity contribution is 0.609. The van der Waals surface area contributed by atoms with Gasteiger partial charge >= 0.3 is 0 Å². The van der Waals surface area contributed by atoms with E-state index in [1.165, 1.54) is 142 Å². The second-order valence-corrected chi connectivity index (χ2v) is 14.2. The van der Waals surface area contributed by atoms with E-state index >= 15 is 0 Å². The van der Waals surface area contributed by atoms with Gasteiger partial charge in [-0.1, -0.05) is 102 Å². The Bertz CT molecular complexity index is 1600. The average molecular weight is 565 g/mol. The lowest BCUT2D eigenvalue weighted by atomic mass is 9.96. The van der Waals surface area contributed by atoms with Gasteiger partial charge in [0.1, 0.15) is 0 Å². The van der Waals surface area contributed by atoms with E-state index in [0.717, 1.165) is 0 Å². The Morgan fingerprint density at radius 1 is 0.400 bits per heavy atom. The van der Waals surface area contributed by atoms with Gasteiger partial charge in [0, 0.05) is 19.2 Å². The van der Waals surface area contributed by atoms with Crippen molar-refractivity contribution in [2.45, 2.75) is 104 Å². The van der Waals surface area contributed by atoms with Crippen LogP contribution in [0.5, 0.6) is 0 Å². The summed E-state index contributed by atoms with van der Waals surface area (Å²) in [5.41, 5.74) is 0. The third-order valence-corrected chi connectivity index (χ3v) is 11.1. The van der Waals surface area contributed by atoms with Gasteiger partial charge in [0.05, 0.1) is 0 Å². The van der Waals surface area contributed by atoms with Crippen molar-refractivity contribution in [3.8, 4) is 0 Å². The molecule has 0 saturated carbocycles. The van der Waals surface area contributed by atoms with Crippen LogP contribution >= 0.6 is 22.7 Å². The Morgan fingerprint density at radius 2 is 0.825 bits per heavy atom. The van der Waals surface area contributed by atoms with Crippen LogP contribution in [0.3, 0.4) is 0 Å². The standard InChI is InChI=1S/C38H44S2/c1-3-5-7-9-11-13-15-31-23-29-21-27-17-19-34-33(35(27)25-37(29)39-31)20-18-28-22-30-24-32(40-38(30)26-36(28)34)16-14-12-10-8-6-4-2/h17-26H,3-16H2,1-2H3. The van der Waals surface area contributed by atoms with Crippen LogP contribution in [0.1, 0.15) is 101 Å². The Kier molecular flexibility index (Phi) is 9.05. The van der Waals surface area contributed by atoms with Crippen LogP contribution in [0, 0.1) is 0 Å². The number of aryl methyl sites for hydroxylation is 2. The second-order valence-electron chi connectivity index (χ2n) is 11.9. The molecule has 2 aromatic heterocycles. The fourth-order valence-electron chi connectivity index (χ4n) is 6.46. The molecule has 0 aliphatic carbocycles. The third kappa shape index (κ3) is 6.09. The van der Waals surface area contributed by atoms with Crippen molar-refractivity contribution in [1.29, 1.82) is 0 Å². The molecule has 0 fully saturated rings. The van der Waals surface area contributed by atoms with E-state index in [4.69, 9.17) is 0 Å². The van der Waals surface area contributed by atoms with E-state index < -0.39 is 0 Å². The van der Waals surface area contributed by atoms with Gasteiger partial charge in [0.25, 0.3) is 0 Å². The van der Waals surface area contributed by atoms with Crippen molar-refractivity contribution >= 4 is 75.2 Å². The van der Waals surface area contributed by atoms with Gasteiger partial charge in [0.2, 0.25) is 0 Å². The number of hydrogen-bond donors (Lipinski definition) is 0. The molecule has 6 rings (SSSR count). The quantitative estimate of drug-likeness (QED) is 0.0911. The summed E-state index contributed by atoms with van der Waals surface area (Å²) in [5, 5.41) is 11.1. The normalized spacial score (nSPS) is 12.2. The zero-order valence-electron chi connectivity index (χ0n) is 24.5. The molecule has 4 aromatic carbocycles. The number of thiophene rings is 2. The molecule has 208 valence electrons. The fourth-order valence-corrected chi connectivity index (χ4v) is 8.72. The van der Waals surface area contributed by atoms with E-state index in [-0.39, 0.29) is 0 Å². The topological polar surface area (TPSA) is 0 Å². The molecule has 0 aliphatic rings. The highest BCUT2D eigenvalue weighted by molar-refractivity contribution is 7.19. The zero-order valence-corrected chi connectivity index (χ0v) is 26.1. The Balaban J connectivity index is 1.25. The molecule has 0 saturated heterocycles. The molecule has 0 spiro atoms. The first-order valence-corrected chi connectivity index (χ1v) is 17.6. The maximum atomic E-state index is 2.47. The molecular weight excluding hydrogens is 521 g/mol. The summed E-state index contributed by atoms with van der Waals surface area (Å²) in [6, 6.07) is 24.1. The van der Waals surface area contributed by atoms with Crippen LogP contribution < -0.4 is 0 Å². The second kappa shape index (κ2) is 13.0. The lowest BCUT2D eigenvalue weighted by Crippen LogP contribution is -1.82. The minimum atomic E-state index is 1.23. The van der Waals surface area contributed by atoms with E-state index in [9.17, 15) is 0 Å². The highest BCUT2D eigenvalue weighted by atomic mass is 32.1. The lowest BCUT2D eigenvalue weighted by Gasteiger charge is -2.08. The molecule has 2 heterocycles. The largest absolute Gasteiger partial charge is 0.140 e. The highest BCUT2D eigenvalue weighted by Gasteiger charge is 2.11. The first kappa shape index (κ1) is 27.7. The van der Waals surface area contributed by atoms with Crippen LogP contribution in [-0.2, 0) is 12.8 Å². The summed E-state index contributed by atoms with van der Waals surface area (Å²) in [5.74, 6) is 0. The number of unbranched alkanes of at least 4 members (excludes halogenated alkanes) is 10. The molecule has 0 nitrogen and oxygen atoms in total. The minimum Gasteiger partial charge on any atom is -0.140 e. The number of benzene rings is 4. The Morgan fingerprint density at radius 3 is 1.27 bits per heavy atom. The van der Waals surface area contributed by atoms with E-state index in [1.807, 2.05) is 22.7 Å². The van der Waals surface area contributed by atoms with Gasteiger partial charge in [-0.05, 0) is 105 Å². The Hall–Kier alpha value is -2.42. The number of fused-ring (bicyclic) bond motifs is 7. The van der Waals surface area contributed by atoms with Gasteiger partial charge in [-0.25, -0.2) is 0 Å². The van der Waals surface area contributed by atoms with Crippen LogP contribution in [0.2, 0.25) is 0 Å². The Labute approximate surface area is 248 Å². The SMILES string of the molecule is CCCCCCCCc1cc2cc3ccc4c5cc6sc(CCCCCCCC)cc6cc5ccc4c3cc2s1. The van der Waals surface area contributed by atoms with Crippen molar-refractivity contribution in [2.24, 2.45) is 0 Å². The third-order valence-electron chi connectivity index (χ3n) is 8.76. The van der Waals surface area contributed by atoms with E-state index in [0.29, 0.717) is 0 Å². The molecule has 0 radical (unpaired) electrons. The van der Waals surface area contributed by atoms with Gasteiger partial charge in [0.15, 0.2) is 0 Å². The molecule has 0 atom stereocenters. The monoisotopic (exact) mass is 564 g/mol. The molecule has 0 N–H and O–H groups in total. The summed E-state index contributed by atoms with van der Waals surface area (Å²) in [6.07, 6.45) is 18.8. The summed E-state index contributed by atoms with van der Waals surface area (Å²) < 4.78 is 2.88. The maximum absolute atomic E-state index is 2.47. The summed E-state index contributed by atoms with van der Waals surface area (Å²) in [4.78, 5) is 3.10. The van der Waals surface area contributed by atoms with Crippen molar-refractivity contribution in [3.63, 3.8) is 0 Å². The molecule has 0 unspecified atom stereocenters. The molecule has 40 heavy (non-hydrogen) atoms. The van der Waals surface area contributed by atoms with Crippen molar-refractivity contribution in [3.05, 3.63) is 70.4 Å². The van der Waals surface area contributed by atoms with Crippen molar-refractivity contribution in [2.75, 3.05) is 0 Å². The molecule has 2 heteroatoms. The smallest absolute Gasteiger partial charge is 0.0352 e. The average Bonchev–Trinajstić information content (AvgIpc) is 3.56. The number of hydrogen-bond acceptors (Lipinski definition) is 2. The first-order valence-electron chi connectivity index (χ1n) is 16.0. The molecule has 0 bridgehead atoms. The first-order chi connectivity index (χ1) is 19.7. The zero-order chi connectivity index (χ0) is 27.3. The van der Waals surface area contributed by atoms with E-state index in [2.05, 4.69) is 74.5 Å². The number of rotatable bonds is 14. The highest BCUT2D eigenvalue weighted by Crippen LogP contribution is 2.38. The van der Waals surface area contributed by atoms with Crippen LogP contribution in [-0.4, -0.2) is 0 Å². The molecular formula is C38H44S2. The summed E-state index contributed by atoms with van der Waals surface area (Å²) in [6.45, 7) is 4.59. The summed E-state index contributed by atoms with van der Waals surface area (Å²) in [7, 11) is 0. The minimum absolute atomic E-state index is 1.23. The van der Waals surface area contributed by atoms with Crippen molar-refractivity contribution in [1.82, 2.24) is 0 Å². The fraction of sp³-hybridized carbons (Fsp3) is 0.421. The predicted molar refractivity (Wildman–Crippen MR) is 184 cm³/mol. The summed E-state index contributed by atoms with van der Waals surface area (Å²) >= 11 is 4.02. The van der Waals surface area contributed by atoms with Crippen LogP contribution in [0.25, 0.3) is 52.5 Å². The molecule has 0 amide bonds. The van der Waals surface area contributed by atoms with E-state index in [1.54, 1.807) is 9.75 Å². The van der Waals surface area contributed by atoms with Crippen molar-refractivity contribution < 1.29 is 0 Å². The van der Waals surface area contributed by atoms with Gasteiger partial charge < -0.3 is 0 Å². The van der Waals surface area contributed by atoms with Gasteiger partial charge in [-0.2, -0.15) is 0 Å². The van der Waals surface area contributed by atoms with Gasteiger partial charge in [-0.15, -0.1) is 22.7 Å². The molecule has 6 aromatic rings. The van der Waals surface area contributed by atoms with Crippen LogP contribution in [0.4, 0.5) is 0 Å².